The third kappa shape index (κ3) is 2.32. The van der Waals surface area contributed by atoms with Gasteiger partial charge in [-0.1, -0.05) is 18.2 Å². The Hall–Kier alpha value is -2.53. The lowest BCUT2D eigenvalue weighted by atomic mass is 10.0. The number of nitrogens with zero attached hydrogens (tertiary/aromatic N) is 2. The van der Waals surface area contributed by atoms with Crippen molar-refractivity contribution >= 4 is 34.8 Å². The zero-order chi connectivity index (χ0) is 14.3. The number of para-hydroxylation sites is 1. The lowest BCUT2D eigenvalue weighted by Crippen LogP contribution is -1.96. The highest BCUT2D eigenvalue weighted by atomic mass is 35.5. The topological polar surface area (TPSA) is 74.1 Å². The first kappa shape index (κ1) is 14.9. The average Bonchev–Trinajstić information content (AvgIpc) is 2.72. The van der Waals surface area contributed by atoms with E-state index in [1.807, 2.05) is 35.9 Å². The van der Waals surface area contributed by atoms with Crippen molar-refractivity contribution < 1.29 is 4.92 Å². The van der Waals surface area contributed by atoms with Crippen molar-refractivity contribution in [2.24, 2.45) is 7.05 Å². The first-order chi connectivity index (χ1) is 9.59. The molecule has 0 aliphatic rings. The quantitative estimate of drug-likeness (QED) is 0.578. The molecule has 0 aliphatic carbocycles. The summed E-state index contributed by atoms with van der Waals surface area (Å²) in [5, 5.41) is 11.8. The summed E-state index contributed by atoms with van der Waals surface area (Å²) in [7, 11) is 1.91. The van der Waals surface area contributed by atoms with Crippen LogP contribution in [0.1, 0.15) is 0 Å². The zero-order valence-corrected chi connectivity index (χ0v) is 12.1. The smallest absolute Gasteiger partial charge is 0.269 e. The first-order valence-electron chi connectivity index (χ1n) is 6.17. The van der Waals surface area contributed by atoms with Crippen LogP contribution in [0.25, 0.3) is 22.0 Å². The van der Waals surface area contributed by atoms with Crippen LogP contribution in [0.4, 0.5) is 11.5 Å². The van der Waals surface area contributed by atoms with Gasteiger partial charge in [0.15, 0.2) is 0 Å². The van der Waals surface area contributed by atoms with Gasteiger partial charge in [-0.3, -0.25) is 10.1 Å². The number of nitrogen functional groups attached to an aromatic ring is 1. The molecule has 1 aromatic heterocycles. The normalized spacial score (nSPS) is 10.3. The van der Waals surface area contributed by atoms with Crippen molar-refractivity contribution in [2.75, 3.05) is 5.73 Å². The van der Waals surface area contributed by atoms with Crippen molar-refractivity contribution in [3.05, 3.63) is 58.6 Å². The predicted molar refractivity (Wildman–Crippen MR) is 86.7 cm³/mol. The molecule has 21 heavy (non-hydrogen) atoms. The van der Waals surface area contributed by atoms with Gasteiger partial charge in [-0.2, -0.15) is 0 Å². The predicted octanol–water partition coefficient (Wildman–Crippen LogP) is 3.76. The van der Waals surface area contributed by atoms with E-state index in [-0.39, 0.29) is 18.1 Å². The maximum absolute atomic E-state index is 10.7. The molecular weight excluding hydrogens is 290 g/mol. The van der Waals surface area contributed by atoms with E-state index in [2.05, 4.69) is 0 Å². The Morgan fingerprint density at radius 2 is 1.71 bits per heavy atom. The fourth-order valence-electron chi connectivity index (χ4n) is 2.47. The van der Waals surface area contributed by atoms with Gasteiger partial charge in [0.1, 0.15) is 5.82 Å². The fraction of sp³-hybridized carbons (Fsp3) is 0.0667. The minimum atomic E-state index is -0.407. The van der Waals surface area contributed by atoms with E-state index >= 15 is 0 Å². The van der Waals surface area contributed by atoms with Crippen LogP contribution in [0.2, 0.25) is 0 Å². The molecule has 6 heteroatoms. The molecule has 0 saturated carbocycles. The van der Waals surface area contributed by atoms with E-state index in [4.69, 9.17) is 5.73 Å². The number of nitro benzene ring substituents is 1. The lowest BCUT2D eigenvalue weighted by molar-refractivity contribution is -0.384. The van der Waals surface area contributed by atoms with Crippen molar-refractivity contribution in [3.8, 4) is 11.1 Å². The van der Waals surface area contributed by atoms with E-state index in [0.29, 0.717) is 5.82 Å². The Balaban J connectivity index is 0.00000161. The van der Waals surface area contributed by atoms with Crippen LogP contribution in [0.3, 0.4) is 0 Å². The molecule has 0 amide bonds. The van der Waals surface area contributed by atoms with Crippen LogP contribution in [-0.4, -0.2) is 9.49 Å². The molecular formula is C15H14ClN3O2. The van der Waals surface area contributed by atoms with Crippen LogP contribution in [0.15, 0.2) is 48.5 Å². The molecule has 3 aromatic rings. The number of anilines is 1. The number of fused-ring (bicyclic) bond motifs is 1. The third-order valence-electron chi connectivity index (χ3n) is 3.52. The number of hydrogen-bond donors (Lipinski definition) is 1. The number of non-ortho nitro benzene ring substituents is 1. The Bertz CT molecular complexity index is 810. The second-order valence-corrected chi connectivity index (χ2v) is 4.64. The number of aromatic nitrogens is 1. The largest absolute Gasteiger partial charge is 0.385 e. The van der Waals surface area contributed by atoms with Gasteiger partial charge in [0.05, 0.1) is 4.92 Å². The number of aryl methyl sites for hydroxylation is 1. The molecule has 0 atom stereocenters. The molecule has 0 unspecified atom stereocenters. The van der Waals surface area contributed by atoms with Gasteiger partial charge < -0.3 is 10.3 Å². The van der Waals surface area contributed by atoms with E-state index in [1.165, 1.54) is 12.1 Å². The summed E-state index contributed by atoms with van der Waals surface area (Å²) in [6.45, 7) is 0. The molecule has 0 aliphatic heterocycles. The summed E-state index contributed by atoms with van der Waals surface area (Å²) >= 11 is 0. The van der Waals surface area contributed by atoms with Crippen LogP contribution in [0.5, 0.6) is 0 Å². The van der Waals surface area contributed by atoms with E-state index in [1.54, 1.807) is 12.1 Å². The Labute approximate surface area is 127 Å². The molecule has 0 radical (unpaired) electrons. The number of halogens is 1. The summed E-state index contributed by atoms with van der Waals surface area (Å²) in [4.78, 5) is 10.3. The van der Waals surface area contributed by atoms with Gasteiger partial charge in [0, 0.05) is 35.6 Å². The Kier molecular flexibility index (Phi) is 3.86. The van der Waals surface area contributed by atoms with Gasteiger partial charge in [-0.05, 0) is 23.8 Å². The van der Waals surface area contributed by atoms with E-state index in [0.717, 1.165) is 22.0 Å². The van der Waals surface area contributed by atoms with Crippen LogP contribution >= 0.6 is 12.4 Å². The minimum absolute atomic E-state index is 0. The van der Waals surface area contributed by atoms with E-state index in [9.17, 15) is 10.1 Å². The molecule has 108 valence electrons. The molecule has 0 saturated heterocycles. The standard InChI is InChI=1S/C15H13N3O2.ClH/c1-17-13-5-3-2-4-12(13)14(15(17)16)10-6-8-11(9-7-10)18(19)20;/h2-9H,16H2,1H3;1H. The summed E-state index contributed by atoms with van der Waals surface area (Å²) in [6.07, 6.45) is 0. The molecule has 2 aromatic carbocycles. The van der Waals surface area contributed by atoms with Crippen LogP contribution < -0.4 is 5.73 Å². The van der Waals surface area contributed by atoms with Gasteiger partial charge in [0.2, 0.25) is 0 Å². The number of rotatable bonds is 2. The molecule has 0 bridgehead atoms. The first-order valence-corrected chi connectivity index (χ1v) is 6.17. The van der Waals surface area contributed by atoms with Gasteiger partial charge in [-0.15, -0.1) is 12.4 Å². The summed E-state index contributed by atoms with van der Waals surface area (Å²) in [6, 6.07) is 14.4. The minimum Gasteiger partial charge on any atom is -0.385 e. The SMILES string of the molecule is Cl.Cn1c(N)c(-c2ccc([N+](=O)[O-])cc2)c2ccccc21. The van der Waals surface area contributed by atoms with E-state index < -0.39 is 4.92 Å². The highest BCUT2D eigenvalue weighted by molar-refractivity contribution is 6.02. The molecule has 3 rings (SSSR count). The summed E-state index contributed by atoms with van der Waals surface area (Å²) in [5.41, 5.74) is 9.09. The summed E-state index contributed by atoms with van der Waals surface area (Å²) in [5.74, 6) is 0.653. The van der Waals surface area contributed by atoms with Crippen LogP contribution in [-0.2, 0) is 7.05 Å². The van der Waals surface area contributed by atoms with Crippen molar-refractivity contribution in [1.82, 2.24) is 4.57 Å². The second kappa shape index (κ2) is 5.46. The zero-order valence-electron chi connectivity index (χ0n) is 11.3. The van der Waals surface area contributed by atoms with Crippen LogP contribution in [0, 0.1) is 10.1 Å². The molecule has 0 spiro atoms. The molecule has 5 nitrogen and oxygen atoms in total. The molecule has 0 fully saturated rings. The lowest BCUT2D eigenvalue weighted by Gasteiger charge is -2.02. The maximum atomic E-state index is 10.7. The summed E-state index contributed by atoms with van der Waals surface area (Å²) < 4.78 is 1.92. The maximum Gasteiger partial charge on any atom is 0.269 e. The number of nitrogens with two attached hydrogens (primary N) is 1. The second-order valence-electron chi connectivity index (χ2n) is 4.64. The third-order valence-corrected chi connectivity index (χ3v) is 3.52. The molecule has 2 N–H and O–H groups in total. The van der Waals surface area contributed by atoms with Gasteiger partial charge in [-0.25, -0.2) is 0 Å². The van der Waals surface area contributed by atoms with Crippen molar-refractivity contribution in [3.63, 3.8) is 0 Å². The Morgan fingerprint density at radius 3 is 2.33 bits per heavy atom. The fourth-order valence-corrected chi connectivity index (χ4v) is 2.47. The highest BCUT2D eigenvalue weighted by Gasteiger charge is 2.15. The highest BCUT2D eigenvalue weighted by Crippen LogP contribution is 2.36. The number of benzene rings is 2. The average molecular weight is 304 g/mol. The van der Waals surface area contributed by atoms with Gasteiger partial charge >= 0.3 is 0 Å². The monoisotopic (exact) mass is 303 g/mol. The number of hydrogen-bond acceptors (Lipinski definition) is 3. The molecule has 1 heterocycles. The van der Waals surface area contributed by atoms with Crippen molar-refractivity contribution in [1.29, 1.82) is 0 Å². The number of nitro groups is 1. The Morgan fingerprint density at radius 1 is 1.10 bits per heavy atom. The van der Waals surface area contributed by atoms with Crippen molar-refractivity contribution in [2.45, 2.75) is 0 Å². The van der Waals surface area contributed by atoms with Gasteiger partial charge in [0.25, 0.3) is 5.69 Å².